The van der Waals surface area contributed by atoms with E-state index >= 15 is 0 Å². The van der Waals surface area contributed by atoms with Crippen LogP contribution in [0.5, 0.6) is 0 Å². The Morgan fingerprint density at radius 1 is 1.23 bits per heavy atom. The van der Waals surface area contributed by atoms with Crippen LogP contribution >= 0.6 is 0 Å². The molecule has 2 amide bonds. The van der Waals surface area contributed by atoms with E-state index in [2.05, 4.69) is 5.32 Å². The summed E-state index contributed by atoms with van der Waals surface area (Å²) in [5, 5.41) is 12.3. The van der Waals surface area contributed by atoms with Crippen LogP contribution in [0.4, 0.5) is 5.69 Å². The Morgan fingerprint density at radius 2 is 1.86 bits per heavy atom. The molecule has 0 spiro atoms. The van der Waals surface area contributed by atoms with Gasteiger partial charge in [-0.05, 0) is 37.0 Å². The van der Waals surface area contributed by atoms with Crippen LogP contribution < -0.4 is 5.32 Å². The van der Waals surface area contributed by atoms with Gasteiger partial charge in [-0.3, -0.25) is 9.59 Å². The molecule has 1 saturated heterocycles. The smallest absolute Gasteiger partial charge is 0.226 e. The van der Waals surface area contributed by atoms with E-state index in [0.717, 1.165) is 17.7 Å². The fourth-order valence-electron chi connectivity index (χ4n) is 2.56. The van der Waals surface area contributed by atoms with Gasteiger partial charge in [0.2, 0.25) is 11.8 Å². The second-order valence-electron chi connectivity index (χ2n) is 5.78. The minimum atomic E-state index is -0.268. The first kappa shape index (κ1) is 16.5. The second-order valence-corrected chi connectivity index (χ2v) is 5.78. The molecule has 0 saturated carbocycles. The number of nitrogens with one attached hydrogen (secondary N) is 1. The highest BCUT2D eigenvalue weighted by molar-refractivity contribution is 5.90. The number of rotatable bonds is 5. The number of aliphatic hydroxyl groups is 1. The van der Waals surface area contributed by atoms with Crippen molar-refractivity contribution >= 4 is 17.5 Å². The Bertz CT molecular complexity index is 505. The van der Waals surface area contributed by atoms with E-state index in [1.165, 1.54) is 0 Å². The topological polar surface area (TPSA) is 69.6 Å². The Kier molecular flexibility index (Phi) is 5.95. The molecule has 0 bridgehead atoms. The highest BCUT2D eigenvalue weighted by Gasteiger charge is 2.21. The van der Waals surface area contributed by atoms with Crippen LogP contribution in [0.1, 0.15) is 38.2 Å². The number of hydrogen-bond donors (Lipinski definition) is 2. The molecule has 5 nitrogen and oxygen atoms in total. The number of hydrogen-bond acceptors (Lipinski definition) is 3. The van der Waals surface area contributed by atoms with Gasteiger partial charge in [0.1, 0.15) is 0 Å². The molecule has 120 valence electrons. The Hall–Kier alpha value is -1.88. The van der Waals surface area contributed by atoms with Gasteiger partial charge in [-0.2, -0.15) is 0 Å². The lowest BCUT2D eigenvalue weighted by molar-refractivity contribution is -0.132. The SMILES string of the molecule is CCCC(=O)Nc1ccc(CC(=O)N2CCC(O)CC2)cc1. The molecule has 0 aliphatic carbocycles. The molecule has 2 rings (SSSR count). The molecule has 1 heterocycles. The third-order valence-corrected chi connectivity index (χ3v) is 3.89. The van der Waals surface area contributed by atoms with Crippen LogP contribution in [-0.2, 0) is 16.0 Å². The summed E-state index contributed by atoms with van der Waals surface area (Å²) in [6.45, 7) is 3.23. The highest BCUT2D eigenvalue weighted by Crippen LogP contribution is 2.14. The van der Waals surface area contributed by atoms with Crippen molar-refractivity contribution in [2.75, 3.05) is 18.4 Å². The van der Waals surface area contributed by atoms with Crippen molar-refractivity contribution in [3.8, 4) is 0 Å². The summed E-state index contributed by atoms with van der Waals surface area (Å²) in [7, 11) is 0. The number of anilines is 1. The average Bonchev–Trinajstić information content (AvgIpc) is 2.50. The lowest BCUT2D eigenvalue weighted by Crippen LogP contribution is -2.40. The Morgan fingerprint density at radius 3 is 2.45 bits per heavy atom. The summed E-state index contributed by atoms with van der Waals surface area (Å²) in [5.41, 5.74) is 1.69. The van der Waals surface area contributed by atoms with Gasteiger partial charge in [-0.15, -0.1) is 0 Å². The zero-order valence-corrected chi connectivity index (χ0v) is 13.0. The van der Waals surface area contributed by atoms with Gasteiger partial charge in [-0.25, -0.2) is 0 Å². The maximum atomic E-state index is 12.2. The first-order valence-corrected chi connectivity index (χ1v) is 7.93. The largest absolute Gasteiger partial charge is 0.393 e. The number of carbonyl (C=O) groups is 2. The number of nitrogens with zero attached hydrogens (tertiary/aromatic N) is 1. The molecule has 1 aromatic carbocycles. The van der Waals surface area contributed by atoms with Crippen molar-refractivity contribution in [1.29, 1.82) is 0 Å². The zero-order chi connectivity index (χ0) is 15.9. The Balaban J connectivity index is 1.85. The molecule has 1 aliphatic rings. The third-order valence-electron chi connectivity index (χ3n) is 3.89. The second kappa shape index (κ2) is 7.94. The summed E-state index contributed by atoms with van der Waals surface area (Å²) in [4.78, 5) is 25.5. The molecule has 0 radical (unpaired) electrons. The van der Waals surface area contributed by atoms with Gasteiger partial charge in [0.25, 0.3) is 0 Å². The molecule has 1 aliphatic heterocycles. The maximum absolute atomic E-state index is 12.2. The number of likely N-dealkylation sites (tertiary alicyclic amines) is 1. The van der Waals surface area contributed by atoms with Crippen LogP contribution in [-0.4, -0.2) is 41.0 Å². The van der Waals surface area contributed by atoms with Gasteiger partial charge >= 0.3 is 0 Å². The average molecular weight is 304 g/mol. The number of benzene rings is 1. The van der Waals surface area contributed by atoms with Gasteiger partial charge in [0.05, 0.1) is 12.5 Å². The molecular weight excluding hydrogens is 280 g/mol. The predicted molar refractivity (Wildman–Crippen MR) is 85.5 cm³/mol. The summed E-state index contributed by atoms with van der Waals surface area (Å²) in [6.07, 6.45) is 2.75. The fourth-order valence-corrected chi connectivity index (χ4v) is 2.56. The number of carbonyl (C=O) groups excluding carboxylic acids is 2. The van der Waals surface area contributed by atoms with Crippen molar-refractivity contribution in [1.82, 2.24) is 4.90 Å². The van der Waals surface area contributed by atoms with E-state index in [9.17, 15) is 14.7 Å². The Labute approximate surface area is 131 Å². The molecule has 22 heavy (non-hydrogen) atoms. The van der Waals surface area contributed by atoms with Crippen LogP contribution in [0.15, 0.2) is 24.3 Å². The first-order valence-electron chi connectivity index (χ1n) is 7.93. The lowest BCUT2D eigenvalue weighted by Gasteiger charge is -2.29. The monoisotopic (exact) mass is 304 g/mol. The standard InChI is InChI=1S/C17H24N2O3/c1-2-3-16(21)18-14-6-4-13(5-7-14)12-17(22)19-10-8-15(20)9-11-19/h4-7,15,20H,2-3,8-12H2,1H3,(H,18,21). The molecule has 2 N–H and O–H groups in total. The van der Waals surface area contributed by atoms with Crippen LogP contribution in [0.3, 0.4) is 0 Å². The lowest BCUT2D eigenvalue weighted by atomic mass is 10.1. The highest BCUT2D eigenvalue weighted by atomic mass is 16.3. The summed E-state index contributed by atoms with van der Waals surface area (Å²) < 4.78 is 0. The maximum Gasteiger partial charge on any atom is 0.226 e. The van der Waals surface area contributed by atoms with Crippen molar-refractivity contribution in [3.05, 3.63) is 29.8 Å². The van der Waals surface area contributed by atoms with Crippen LogP contribution in [0.2, 0.25) is 0 Å². The molecule has 1 aromatic rings. The quantitative estimate of drug-likeness (QED) is 0.873. The summed E-state index contributed by atoms with van der Waals surface area (Å²) in [5.74, 6) is 0.105. The normalized spacial score (nSPS) is 15.6. The van der Waals surface area contributed by atoms with Gasteiger partial charge in [0.15, 0.2) is 0 Å². The number of piperidine rings is 1. The molecule has 1 fully saturated rings. The van der Waals surface area contributed by atoms with Gasteiger partial charge in [0, 0.05) is 25.2 Å². The molecule has 5 heteroatoms. The number of aliphatic hydroxyl groups excluding tert-OH is 1. The van der Waals surface area contributed by atoms with E-state index in [-0.39, 0.29) is 17.9 Å². The fraction of sp³-hybridized carbons (Fsp3) is 0.529. The van der Waals surface area contributed by atoms with Crippen molar-refractivity contribution in [2.45, 2.75) is 45.1 Å². The first-order chi connectivity index (χ1) is 10.6. The summed E-state index contributed by atoms with van der Waals surface area (Å²) in [6, 6.07) is 7.41. The van der Waals surface area contributed by atoms with E-state index in [1.807, 2.05) is 36.1 Å². The summed E-state index contributed by atoms with van der Waals surface area (Å²) >= 11 is 0. The van der Waals surface area contributed by atoms with Crippen LogP contribution in [0, 0.1) is 0 Å². The predicted octanol–water partition coefficient (Wildman–Crippen LogP) is 1.95. The molecule has 0 aromatic heterocycles. The van der Waals surface area contributed by atoms with Crippen molar-refractivity contribution in [2.24, 2.45) is 0 Å². The molecule has 0 atom stereocenters. The minimum absolute atomic E-state index is 0.0122. The van der Waals surface area contributed by atoms with Gasteiger partial charge in [-0.1, -0.05) is 19.1 Å². The minimum Gasteiger partial charge on any atom is -0.393 e. The molecular formula is C17H24N2O3. The van der Waals surface area contributed by atoms with E-state index in [1.54, 1.807) is 0 Å². The van der Waals surface area contributed by atoms with Crippen molar-refractivity contribution < 1.29 is 14.7 Å². The zero-order valence-electron chi connectivity index (χ0n) is 13.0. The number of amides is 2. The third kappa shape index (κ3) is 4.84. The molecule has 0 unspecified atom stereocenters. The van der Waals surface area contributed by atoms with E-state index in [4.69, 9.17) is 0 Å². The van der Waals surface area contributed by atoms with E-state index in [0.29, 0.717) is 38.8 Å². The van der Waals surface area contributed by atoms with E-state index < -0.39 is 0 Å². The van der Waals surface area contributed by atoms with Gasteiger partial charge < -0.3 is 15.3 Å². The van der Waals surface area contributed by atoms with Crippen molar-refractivity contribution in [3.63, 3.8) is 0 Å². The van der Waals surface area contributed by atoms with Crippen LogP contribution in [0.25, 0.3) is 0 Å².